The number of thioether (sulfide) groups is 1. The molecule has 0 unspecified atom stereocenters. The molecule has 30 heavy (non-hydrogen) atoms. The Morgan fingerprint density at radius 3 is 2.43 bits per heavy atom. The molecule has 0 radical (unpaired) electrons. The molecule has 8 nitrogen and oxygen atoms in total. The first kappa shape index (κ1) is 21.4. The minimum absolute atomic E-state index is 0.343. The second kappa shape index (κ2) is 10.4. The van der Waals surface area contributed by atoms with Gasteiger partial charge < -0.3 is 5.32 Å². The van der Waals surface area contributed by atoms with E-state index in [1.54, 1.807) is 19.1 Å². The second-order valence-corrected chi connectivity index (χ2v) is 7.53. The standard InChI is InChI=1S/C21H23N5O3S/c1-2-22-19(28)23-18(27)17(16-11-7-4-8-12-16)30-21-25-24-20(29)26(21)14-13-15-9-5-3-6-10-15/h3-12,17H,2,13-14H2,1H3,(H,24,29)(H2,22,23,27,28)/t17-/m0/s1. The van der Waals surface area contributed by atoms with Gasteiger partial charge in [-0.2, -0.15) is 0 Å². The van der Waals surface area contributed by atoms with Crippen LogP contribution >= 0.6 is 11.8 Å². The Labute approximate surface area is 178 Å². The van der Waals surface area contributed by atoms with E-state index in [0.717, 1.165) is 17.3 Å². The quantitative estimate of drug-likeness (QED) is 0.481. The van der Waals surface area contributed by atoms with Crippen molar-refractivity contribution in [3.63, 3.8) is 0 Å². The fourth-order valence-electron chi connectivity index (χ4n) is 2.86. The smallest absolute Gasteiger partial charge is 0.338 e. The molecule has 2 aromatic carbocycles. The van der Waals surface area contributed by atoms with Crippen molar-refractivity contribution in [2.24, 2.45) is 0 Å². The third-order valence-electron chi connectivity index (χ3n) is 4.33. The number of urea groups is 1. The third kappa shape index (κ3) is 5.60. The van der Waals surface area contributed by atoms with Crippen LogP contribution in [0.5, 0.6) is 0 Å². The molecule has 1 atom stereocenters. The molecule has 0 aliphatic rings. The highest BCUT2D eigenvalue weighted by Crippen LogP contribution is 2.33. The van der Waals surface area contributed by atoms with Gasteiger partial charge in [-0.15, -0.1) is 5.10 Å². The third-order valence-corrected chi connectivity index (χ3v) is 5.57. The van der Waals surface area contributed by atoms with Crippen molar-refractivity contribution >= 4 is 23.7 Å². The van der Waals surface area contributed by atoms with Gasteiger partial charge in [0, 0.05) is 13.1 Å². The number of carbonyl (C=O) groups excluding carboxylic acids is 2. The predicted octanol–water partition coefficient (Wildman–Crippen LogP) is 2.49. The highest BCUT2D eigenvalue weighted by molar-refractivity contribution is 8.00. The summed E-state index contributed by atoms with van der Waals surface area (Å²) in [4.78, 5) is 36.9. The maximum atomic E-state index is 12.8. The SMILES string of the molecule is CCNC(=O)NC(=O)[C@@H](Sc1n[nH]c(=O)n1CCc1ccccc1)c1ccccc1. The maximum Gasteiger partial charge on any atom is 0.343 e. The van der Waals surface area contributed by atoms with Crippen LogP contribution in [0.2, 0.25) is 0 Å². The molecule has 0 bridgehead atoms. The maximum absolute atomic E-state index is 12.8. The van der Waals surface area contributed by atoms with Crippen LogP contribution in [0.1, 0.15) is 23.3 Å². The fraction of sp³-hybridized carbons (Fsp3) is 0.238. The molecular weight excluding hydrogens is 402 g/mol. The van der Waals surface area contributed by atoms with Gasteiger partial charge in [-0.05, 0) is 24.5 Å². The van der Waals surface area contributed by atoms with E-state index in [2.05, 4.69) is 20.8 Å². The molecular formula is C21H23N5O3S. The normalized spacial score (nSPS) is 11.6. The molecule has 3 amide bonds. The van der Waals surface area contributed by atoms with Crippen molar-refractivity contribution in [2.75, 3.05) is 6.54 Å². The van der Waals surface area contributed by atoms with Gasteiger partial charge in [-0.3, -0.25) is 14.7 Å². The molecule has 3 N–H and O–H groups in total. The second-order valence-electron chi connectivity index (χ2n) is 6.46. The van der Waals surface area contributed by atoms with E-state index in [0.29, 0.717) is 30.2 Å². The summed E-state index contributed by atoms with van der Waals surface area (Å²) in [5.74, 6) is -0.484. The summed E-state index contributed by atoms with van der Waals surface area (Å²) in [6, 6.07) is 18.3. The number of aryl methyl sites for hydroxylation is 1. The predicted molar refractivity (Wildman–Crippen MR) is 115 cm³/mol. The van der Waals surface area contributed by atoms with Gasteiger partial charge in [0.2, 0.25) is 5.91 Å². The first-order valence-corrected chi connectivity index (χ1v) is 10.5. The van der Waals surface area contributed by atoms with Crippen LogP contribution in [0.4, 0.5) is 4.79 Å². The Bertz CT molecular complexity index is 1030. The summed E-state index contributed by atoms with van der Waals surface area (Å²) in [6.07, 6.45) is 0.648. The molecule has 1 heterocycles. The van der Waals surface area contributed by atoms with Gasteiger partial charge in [0.05, 0.1) is 0 Å². The number of nitrogens with one attached hydrogen (secondary N) is 3. The lowest BCUT2D eigenvalue weighted by Crippen LogP contribution is -2.41. The monoisotopic (exact) mass is 425 g/mol. The van der Waals surface area contributed by atoms with E-state index in [9.17, 15) is 14.4 Å². The Morgan fingerprint density at radius 2 is 1.77 bits per heavy atom. The number of carbonyl (C=O) groups is 2. The number of H-pyrrole nitrogens is 1. The van der Waals surface area contributed by atoms with Gasteiger partial charge in [-0.25, -0.2) is 14.7 Å². The van der Waals surface area contributed by atoms with Crippen LogP contribution in [0.3, 0.4) is 0 Å². The minimum atomic E-state index is -0.750. The Hall–Kier alpha value is -3.33. The van der Waals surface area contributed by atoms with E-state index in [1.807, 2.05) is 48.5 Å². The highest BCUT2D eigenvalue weighted by Gasteiger charge is 2.26. The van der Waals surface area contributed by atoms with Crippen molar-refractivity contribution in [2.45, 2.75) is 30.3 Å². The number of amides is 3. The van der Waals surface area contributed by atoms with Crippen molar-refractivity contribution < 1.29 is 9.59 Å². The van der Waals surface area contributed by atoms with Gasteiger partial charge >= 0.3 is 11.7 Å². The van der Waals surface area contributed by atoms with Crippen LogP contribution < -0.4 is 16.3 Å². The lowest BCUT2D eigenvalue weighted by Gasteiger charge is -2.16. The number of rotatable bonds is 8. The van der Waals surface area contributed by atoms with Crippen LogP contribution in [0.25, 0.3) is 0 Å². The Kier molecular flexibility index (Phi) is 7.45. The van der Waals surface area contributed by atoms with E-state index in [4.69, 9.17) is 0 Å². The summed E-state index contributed by atoms with van der Waals surface area (Å²) in [6.45, 7) is 2.59. The zero-order valence-corrected chi connectivity index (χ0v) is 17.3. The summed E-state index contributed by atoms with van der Waals surface area (Å²) in [7, 11) is 0. The molecule has 156 valence electrons. The van der Waals surface area contributed by atoms with E-state index in [1.165, 1.54) is 4.57 Å². The molecule has 0 aliphatic heterocycles. The van der Waals surface area contributed by atoms with Gasteiger partial charge in [0.25, 0.3) is 0 Å². The summed E-state index contributed by atoms with van der Waals surface area (Å²) in [5.41, 5.74) is 1.45. The highest BCUT2D eigenvalue weighted by atomic mass is 32.2. The number of aromatic amines is 1. The summed E-state index contributed by atoms with van der Waals surface area (Å²) < 4.78 is 1.51. The molecule has 0 fully saturated rings. The van der Waals surface area contributed by atoms with Crippen LogP contribution in [0.15, 0.2) is 70.6 Å². The average Bonchev–Trinajstić information content (AvgIpc) is 3.11. The van der Waals surface area contributed by atoms with Gasteiger partial charge in [0.15, 0.2) is 5.16 Å². The molecule has 1 aromatic heterocycles. The number of nitrogens with zero attached hydrogens (tertiary/aromatic N) is 2. The number of benzene rings is 2. The van der Waals surface area contributed by atoms with E-state index in [-0.39, 0.29) is 5.69 Å². The molecule has 9 heteroatoms. The van der Waals surface area contributed by atoms with Crippen molar-refractivity contribution in [1.29, 1.82) is 0 Å². The molecule has 0 saturated carbocycles. The first-order valence-electron chi connectivity index (χ1n) is 9.58. The molecule has 3 rings (SSSR count). The fourth-order valence-corrected chi connectivity index (χ4v) is 3.93. The van der Waals surface area contributed by atoms with Crippen LogP contribution in [-0.2, 0) is 17.8 Å². The zero-order valence-electron chi connectivity index (χ0n) is 16.5. The van der Waals surface area contributed by atoms with Gasteiger partial charge in [0.1, 0.15) is 5.25 Å². The number of hydrogen-bond donors (Lipinski definition) is 3. The zero-order chi connectivity index (χ0) is 21.3. The number of imide groups is 1. The van der Waals surface area contributed by atoms with E-state index >= 15 is 0 Å². The number of aromatic nitrogens is 3. The minimum Gasteiger partial charge on any atom is -0.338 e. The average molecular weight is 426 g/mol. The summed E-state index contributed by atoms with van der Waals surface area (Å²) >= 11 is 1.12. The summed E-state index contributed by atoms with van der Waals surface area (Å²) in [5, 5.41) is 11.1. The lowest BCUT2D eigenvalue weighted by molar-refractivity contribution is -0.119. The van der Waals surface area contributed by atoms with Gasteiger partial charge in [-0.1, -0.05) is 72.4 Å². The van der Waals surface area contributed by atoms with E-state index < -0.39 is 17.2 Å². The van der Waals surface area contributed by atoms with Crippen molar-refractivity contribution in [1.82, 2.24) is 25.4 Å². The van der Waals surface area contributed by atoms with Crippen molar-refractivity contribution in [3.05, 3.63) is 82.3 Å². The van der Waals surface area contributed by atoms with Crippen molar-refractivity contribution in [3.8, 4) is 0 Å². The van der Waals surface area contributed by atoms with Crippen LogP contribution in [0, 0.1) is 0 Å². The molecule has 0 spiro atoms. The van der Waals surface area contributed by atoms with Crippen LogP contribution in [-0.4, -0.2) is 33.2 Å². The topological polar surface area (TPSA) is 109 Å². The Morgan fingerprint density at radius 1 is 1.10 bits per heavy atom. The first-order chi connectivity index (χ1) is 14.6. The number of hydrogen-bond acceptors (Lipinski definition) is 5. The largest absolute Gasteiger partial charge is 0.343 e. The Balaban J connectivity index is 1.81. The molecule has 0 aliphatic carbocycles. The lowest BCUT2D eigenvalue weighted by atomic mass is 10.1. The molecule has 0 saturated heterocycles. The molecule has 3 aromatic rings.